The number of amides is 1. The van der Waals surface area contributed by atoms with Gasteiger partial charge in [0.05, 0.1) is 12.0 Å². The molecule has 2 aromatic carbocycles. The van der Waals surface area contributed by atoms with Gasteiger partial charge in [-0.3, -0.25) is 4.79 Å². The Bertz CT molecular complexity index is 958. The zero-order valence-electron chi connectivity index (χ0n) is 15.0. The van der Waals surface area contributed by atoms with Gasteiger partial charge in [0.15, 0.2) is 8.68 Å². The van der Waals surface area contributed by atoms with Crippen molar-refractivity contribution in [2.24, 2.45) is 5.10 Å². The van der Waals surface area contributed by atoms with Gasteiger partial charge in [0.1, 0.15) is 5.75 Å². The third-order valence-corrected chi connectivity index (χ3v) is 6.79. The second-order valence-electron chi connectivity index (χ2n) is 5.75. The summed E-state index contributed by atoms with van der Waals surface area (Å²) in [5, 5.41) is 21.8. The number of phenolic OH excluding ortho intramolecular Hbond substituents is 1. The van der Waals surface area contributed by atoms with Crippen molar-refractivity contribution < 1.29 is 9.90 Å². The lowest BCUT2D eigenvalue weighted by Crippen LogP contribution is -2.19. The predicted octanol–water partition coefficient (Wildman–Crippen LogP) is 4.09. The van der Waals surface area contributed by atoms with Crippen LogP contribution in [0.3, 0.4) is 0 Å². The van der Waals surface area contributed by atoms with Crippen LogP contribution in [0.4, 0.5) is 0 Å². The summed E-state index contributed by atoms with van der Waals surface area (Å²) >= 11 is 4.42. The Morgan fingerprint density at radius 2 is 1.86 bits per heavy atom. The van der Waals surface area contributed by atoms with E-state index in [0.717, 1.165) is 14.4 Å². The van der Waals surface area contributed by atoms with E-state index in [0.29, 0.717) is 5.56 Å². The molecule has 0 fully saturated rings. The molecule has 1 aromatic heterocycles. The Morgan fingerprint density at radius 3 is 2.61 bits per heavy atom. The van der Waals surface area contributed by atoms with E-state index in [-0.39, 0.29) is 17.4 Å². The molecule has 144 valence electrons. The van der Waals surface area contributed by atoms with E-state index in [4.69, 9.17) is 0 Å². The molecular weight excluding hydrogens is 412 g/mol. The molecule has 0 bridgehead atoms. The topological polar surface area (TPSA) is 87.5 Å². The largest absolute Gasteiger partial charge is 0.507 e. The number of hydrogen-bond donors (Lipinski definition) is 2. The highest BCUT2D eigenvalue weighted by Crippen LogP contribution is 2.30. The minimum Gasteiger partial charge on any atom is -0.507 e. The van der Waals surface area contributed by atoms with Crippen LogP contribution in [0, 0.1) is 6.92 Å². The summed E-state index contributed by atoms with van der Waals surface area (Å²) in [5.74, 6) is 0.886. The smallest absolute Gasteiger partial charge is 0.250 e. The van der Waals surface area contributed by atoms with Gasteiger partial charge < -0.3 is 5.11 Å². The molecule has 0 aliphatic carbocycles. The van der Waals surface area contributed by atoms with Crippen molar-refractivity contribution in [3.63, 3.8) is 0 Å². The number of benzene rings is 2. The number of rotatable bonds is 8. The van der Waals surface area contributed by atoms with Crippen molar-refractivity contribution in [2.45, 2.75) is 21.4 Å². The van der Waals surface area contributed by atoms with Crippen molar-refractivity contribution in [3.8, 4) is 5.75 Å². The van der Waals surface area contributed by atoms with Crippen molar-refractivity contribution in [1.29, 1.82) is 0 Å². The van der Waals surface area contributed by atoms with Crippen LogP contribution in [0.25, 0.3) is 0 Å². The molecule has 0 unspecified atom stereocenters. The first-order chi connectivity index (χ1) is 13.6. The normalized spacial score (nSPS) is 11.0. The SMILES string of the molecule is Cc1ccc(CSc2nnc(SCC(=O)NN=Cc3ccccc3O)s2)cc1. The number of carbonyl (C=O) groups excluding carboxylic acids is 1. The first kappa shape index (κ1) is 20.4. The average Bonchev–Trinajstić information content (AvgIpc) is 3.15. The number of aryl methyl sites for hydroxylation is 1. The number of thioether (sulfide) groups is 2. The number of para-hydroxylation sites is 1. The number of hydrogen-bond acceptors (Lipinski definition) is 8. The lowest BCUT2D eigenvalue weighted by molar-refractivity contribution is -0.118. The fraction of sp³-hybridized carbons (Fsp3) is 0.158. The van der Waals surface area contributed by atoms with Crippen molar-refractivity contribution >= 4 is 47.0 Å². The summed E-state index contributed by atoms with van der Waals surface area (Å²) in [7, 11) is 0. The average molecular weight is 431 g/mol. The highest BCUT2D eigenvalue weighted by Gasteiger charge is 2.08. The van der Waals surface area contributed by atoms with Crippen molar-refractivity contribution in [1.82, 2.24) is 15.6 Å². The molecule has 2 N–H and O–H groups in total. The van der Waals surface area contributed by atoms with E-state index in [1.165, 1.54) is 40.4 Å². The minimum atomic E-state index is -0.249. The zero-order chi connectivity index (χ0) is 19.8. The number of nitrogens with zero attached hydrogens (tertiary/aromatic N) is 3. The highest BCUT2D eigenvalue weighted by molar-refractivity contribution is 8.03. The molecule has 1 heterocycles. The van der Waals surface area contributed by atoms with Crippen LogP contribution in [-0.2, 0) is 10.5 Å². The van der Waals surface area contributed by atoms with Crippen LogP contribution < -0.4 is 5.43 Å². The van der Waals surface area contributed by atoms with Crippen molar-refractivity contribution in [2.75, 3.05) is 5.75 Å². The summed E-state index contributed by atoms with van der Waals surface area (Å²) in [5.41, 5.74) is 5.45. The Balaban J connectivity index is 1.41. The van der Waals surface area contributed by atoms with E-state index in [1.54, 1.807) is 36.0 Å². The van der Waals surface area contributed by atoms with Crippen molar-refractivity contribution in [3.05, 3.63) is 65.2 Å². The van der Waals surface area contributed by atoms with E-state index < -0.39 is 0 Å². The zero-order valence-corrected chi connectivity index (χ0v) is 17.5. The van der Waals surface area contributed by atoms with Gasteiger partial charge in [-0.25, -0.2) is 5.43 Å². The maximum Gasteiger partial charge on any atom is 0.250 e. The van der Waals surface area contributed by atoms with Crippen LogP contribution in [-0.4, -0.2) is 33.2 Å². The van der Waals surface area contributed by atoms with Gasteiger partial charge in [-0.05, 0) is 24.6 Å². The molecule has 0 radical (unpaired) electrons. The third kappa shape index (κ3) is 6.36. The number of nitrogens with one attached hydrogen (secondary N) is 1. The van der Waals surface area contributed by atoms with E-state index in [2.05, 4.69) is 51.9 Å². The molecular formula is C19H18N4O2S3. The van der Waals surface area contributed by atoms with E-state index in [9.17, 15) is 9.90 Å². The first-order valence-corrected chi connectivity index (χ1v) is 11.1. The van der Waals surface area contributed by atoms with Gasteiger partial charge >= 0.3 is 0 Å². The number of hydrazone groups is 1. The quantitative estimate of drug-likeness (QED) is 0.318. The molecule has 0 aliphatic rings. The number of carbonyl (C=O) groups is 1. The number of aromatic hydroxyl groups is 1. The third-order valence-electron chi connectivity index (χ3n) is 3.53. The van der Waals surface area contributed by atoms with Gasteiger partial charge in [0, 0.05) is 11.3 Å². The summed E-state index contributed by atoms with van der Waals surface area (Å²) in [6.45, 7) is 2.07. The second kappa shape index (κ2) is 10.3. The minimum absolute atomic E-state index is 0.111. The van der Waals surface area contributed by atoms with Crippen LogP contribution in [0.5, 0.6) is 5.75 Å². The van der Waals surface area contributed by atoms with Crippen LogP contribution in [0.2, 0.25) is 0 Å². The molecule has 0 atom stereocenters. The van der Waals surface area contributed by atoms with Crippen LogP contribution in [0.1, 0.15) is 16.7 Å². The van der Waals surface area contributed by atoms with Gasteiger partial charge in [0.25, 0.3) is 5.91 Å². The summed E-state index contributed by atoms with van der Waals surface area (Å²) in [6.07, 6.45) is 1.41. The molecule has 1 amide bonds. The lowest BCUT2D eigenvalue weighted by Gasteiger charge is -1.99. The highest BCUT2D eigenvalue weighted by atomic mass is 32.2. The van der Waals surface area contributed by atoms with Gasteiger partial charge in [0.2, 0.25) is 0 Å². The molecule has 3 aromatic rings. The first-order valence-electron chi connectivity index (χ1n) is 8.35. The molecule has 0 aliphatic heterocycles. The monoisotopic (exact) mass is 430 g/mol. The van der Waals surface area contributed by atoms with E-state index >= 15 is 0 Å². The van der Waals surface area contributed by atoms with Gasteiger partial charge in [-0.15, -0.1) is 10.2 Å². The molecule has 28 heavy (non-hydrogen) atoms. The Labute approximate surface area is 175 Å². The maximum atomic E-state index is 11.9. The standard InChI is InChI=1S/C19H18N4O2S3/c1-13-6-8-14(9-7-13)11-26-18-22-23-19(28-18)27-12-17(25)21-20-10-15-4-2-3-5-16(15)24/h2-10,24H,11-12H2,1H3,(H,21,25). The lowest BCUT2D eigenvalue weighted by atomic mass is 10.2. The van der Waals surface area contributed by atoms with Gasteiger partial charge in [-0.1, -0.05) is 76.8 Å². The van der Waals surface area contributed by atoms with E-state index in [1.807, 2.05) is 0 Å². The fourth-order valence-corrected chi connectivity index (χ4v) is 4.84. The predicted molar refractivity (Wildman–Crippen MR) is 115 cm³/mol. The summed E-state index contributed by atoms with van der Waals surface area (Å²) in [6, 6.07) is 15.2. The molecule has 0 saturated carbocycles. The molecule has 9 heteroatoms. The Kier molecular flexibility index (Phi) is 7.46. The fourth-order valence-electron chi connectivity index (χ4n) is 2.07. The van der Waals surface area contributed by atoms with Gasteiger partial charge in [-0.2, -0.15) is 5.10 Å². The van der Waals surface area contributed by atoms with Crippen LogP contribution in [0.15, 0.2) is 62.3 Å². The molecule has 0 saturated heterocycles. The summed E-state index contributed by atoms with van der Waals surface area (Å²) in [4.78, 5) is 11.9. The Morgan fingerprint density at radius 1 is 1.14 bits per heavy atom. The maximum absolute atomic E-state index is 11.9. The van der Waals surface area contributed by atoms with Crippen LogP contribution >= 0.6 is 34.9 Å². The second-order valence-corrected chi connectivity index (χ2v) is 9.17. The number of phenols is 1. The number of aromatic nitrogens is 2. The molecule has 0 spiro atoms. The summed E-state index contributed by atoms with van der Waals surface area (Å²) < 4.78 is 1.62. The Hall–Kier alpha value is -2.36. The molecule has 3 rings (SSSR count). The molecule has 6 nitrogen and oxygen atoms in total.